The van der Waals surface area contributed by atoms with Gasteiger partial charge in [-0.2, -0.15) is 0 Å². The van der Waals surface area contributed by atoms with Crippen molar-refractivity contribution in [3.63, 3.8) is 0 Å². The van der Waals surface area contributed by atoms with E-state index in [2.05, 4.69) is 4.98 Å². The molecule has 30 heavy (non-hydrogen) atoms. The SMILES string of the molecule is Cc1nc2n(c(=O)c1CCn1c(=O)oc3cc(S(=O)(=O)N(C)C)ccc31)CCCC2. The predicted molar refractivity (Wildman–Crippen MR) is 111 cm³/mol. The van der Waals surface area contributed by atoms with Crippen LogP contribution >= 0.6 is 0 Å². The summed E-state index contributed by atoms with van der Waals surface area (Å²) in [5.74, 6) is 0.237. The normalized spacial score (nSPS) is 14.4. The topological polar surface area (TPSA) is 107 Å². The number of sulfonamides is 1. The Hall–Kier alpha value is -2.72. The summed E-state index contributed by atoms with van der Waals surface area (Å²) in [5, 5.41) is 0. The van der Waals surface area contributed by atoms with Crippen molar-refractivity contribution < 1.29 is 12.8 Å². The van der Waals surface area contributed by atoms with E-state index < -0.39 is 15.8 Å². The van der Waals surface area contributed by atoms with E-state index in [1.807, 2.05) is 6.92 Å². The number of aryl methyl sites for hydroxylation is 3. The molecule has 0 amide bonds. The van der Waals surface area contributed by atoms with Gasteiger partial charge in [-0.1, -0.05) is 0 Å². The maximum absolute atomic E-state index is 12.9. The fraction of sp³-hybridized carbons (Fsp3) is 0.450. The maximum atomic E-state index is 12.9. The summed E-state index contributed by atoms with van der Waals surface area (Å²) >= 11 is 0. The monoisotopic (exact) mass is 432 g/mol. The molecule has 0 unspecified atom stereocenters. The van der Waals surface area contributed by atoms with Gasteiger partial charge >= 0.3 is 5.76 Å². The molecule has 0 spiro atoms. The Kier molecular flexibility index (Phi) is 5.15. The predicted octanol–water partition coefficient (Wildman–Crippen LogP) is 1.29. The van der Waals surface area contributed by atoms with E-state index in [-0.39, 0.29) is 22.6 Å². The zero-order valence-electron chi connectivity index (χ0n) is 17.2. The number of nitrogens with zero attached hydrogens (tertiary/aromatic N) is 4. The third-order valence-electron chi connectivity index (χ3n) is 5.58. The second-order valence-corrected chi connectivity index (χ2v) is 9.84. The maximum Gasteiger partial charge on any atom is 0.419 e. The average Bonchev–Trinajstić information content (AvgIpc) is 3.02. The first-order chi connectivity index (χ1) is 14.2. The summed E-state index contributed by atoms with van der Waals surface area (Å²) < 4.78 is 34.2. The Balaban J connectivity index is 1.68. The molecule has 0 fully saturated rings. The van der Waals surface area contributed by atoms with Crippen molar-refractivity contribution in [2.45, 2.75) is 50.6 Å². The van der Waals surface area contributed by atoms with Crippen molar-refractivity contribution in [3.05, 3.63) is 56.2 Å². The summed E-state index contributed by atoms with van der Waals surface area (Å²) in [4.78, 5) is 29.9. The molecule has 0 saturated heterocycles. The Labute approximate surface area is 173 Å². The Morgan fingerprint density at radius 1 is 1.20 bits per heavy atom. The quantitative estimate of drug-likeness (QED) is 0.601. The van der Waals surface area contributed by atoms with E-state index >= 15 is 0 Å². The first-order valence-electron chi connectivity index (χ1n) is 9.85. The summed E-state index contributed by atoms with van der Waals surface area (Å²) in [6, 6.07) is 4.36. The van der Waals surface area contributed by atoms with Gasteiger partial charge in [0.15, 0.2) is 5.58 Å². The lowest BCUT2D eigenvalue weighted by Gasteiger charge is -2.19. The number of rotatable bonds is 5. The highest BCUT2D eigenvalue weighted by Crippen LogP contribution is 2.21. The minimum atomic E-state index is -3.64. The van der Waals surface area contributed by atoms with Crippen molar-refractivity contribution in [3.8, 4) is 0 Å². The van der Waals surface area contributed by atoms with Crippen molar-refractivity contribution in [1.29, 1.82) is 0 Å². The number of oxazole rings is 1. The van der Waals surface area contributed by atoms with Crippen LogP contribution in [0.3, 0.4) is 0 Å². The molecule has 1 aliphatic rings. The van der Waals surface area contributed by atoms with Gasteiger partial charge < -0.3 is 4.42 Å². The second kappa shape index (κ2) is 7.51. The molecule has 0 radical (unpaired) electrons. The van der Waals surface area contributed by atoms with Crippen LogP contribution < -0.4 is 11.3 Å². The van der Waals surface area contributed by atoms with E-state index in [4.69, 9.17) is 4.42 Å². The van der Waals surface area contributed by atoms with E-state index in [1.54, 1.807) is 10.6 Å². The minimum absolute atomic E-state index is 0.0441. The molecule has 0 saturated carbocycles. The van der Waals surface area contributed by atoms with Crippen LogP contribution in [-0.2, 0) is 36.0 Å². The lowest BCUT2D eigenvalue weighted by Crippen LogP contribution is -2.32. The number of benzene rings is 1. The Morgan fingerprint density at radius 3 is 2.70 bits per heavy atom. The molecule has 3 heterocycles. The second-order valence-electron chi connectivity index (χ2n) is 7.69. The van der Waals surface area contributed by atoms with E-state index in [1.165, 1.54) is 30.8 Å². The molecule has 0 bridgehead atoms. The third kappa shape index (κ3) is 3.39. The first-order valence-corrected chi connectivity index (χ1v) is 11.3. The lowest BCUT2D eigenvalue weighted by atomic mass is 10.1. The van der Waals surface area contributed by atoms with Gasteiger partial charge in [-0.15, -0.1) is 0 Å². The molecule has 0 N–H and O–H groups in total. The highest BCUT2D eigenvalue weighted by atomic mass is 32.2. The summed E-state index contributed by atoms with van der Waals surface area (Å²) in [6.07, 6.45) is 3.14. The number of hydrogen-bond donors (Lipinski definition) is 0. The molecular formula is C20H24N4O5S. The molecule has 4 rings (SSSR count). The zero-order chi connectivity index (χ0) is 21.6. The standard InChI is InChI=1S/C20H24N4O5S/c1-13-15(19(25)24-10-5-4-6-18(24)21-13)9-11-23-16-8-7-14(30(27,28)22(2)3)12-17(16)29-20(23)26/h7-8,12H,4-6,9-11H2,1-3H3. The third-order valence-corrected chi connectivity index (χ3v) is 7.40. The highest BCUT2D eigenvalue weighted by Gasteiger charge is 2.21. The Bertz CT molecular complexity index is 1350. The van der Waals surface area contributed by atoms with Gasteiger partial charge in [0.25, 0.3) is 5.56 Å². The van der Waals surface area contributed by atoms with Crippen molar-refractivity contribution in [2.75, 3.05) is 14.1 Å². The van der Waals surface area contributed by atoms with Gasteiger partial charge in [0, 0.05) is 50.9 Å². The van der Waals surface area contributed by atoms with Crippen LogP contribution in [-0.4, -0.2) is 40.9 Å². The molecule has 1 aromatic carbocycles. The molecule has 10 heteroatoms. The highest BCUT2D eigenvalue weighted by molar-refractivity contribution is 7.89. The summed E-state index contributed by atoms with van der Waals surface area (Å²) in [6.45, 7) is 2.73. The molecule has 160 valence electrons. The van der Waals surface area contributed by atoms with E-state index in [0.717, 1.165) is 29.4 Å². The summed E-state index contributed by atoms with van der Waals surface area (Å²) in [5.41, 5.74) is 1.92. The van der Waals surface area contributed by atoms with Gasteiger partial charge in [-0.25, -0.2) is 22.5 Å². The van der Waals surface area contributed by atoms with Crippen LogP contribution in [0.2, 0.25) is 0 Å². The molecular weight excluding hydrogens is 408 g/mol. The van der Waals surface area contributed by atoms with Crippen LogP contribution in [0.5, 0.6) is 0 Å². The summed E-state index contributed by atoms with van der Waals surface area (Å²) in [7, 11) is -0.760. The van der Waals surface area contributed by atoms with Crippen molar-refractivity contribution in [2.24, 2.45) is 0 Å². The molecule has 0 atom stereocenters. The van der Waals surface area contributed by atoms with E-state index in [9.17, 15) is 18.0 Å². The van der Waals surface area contributed by atoms with Crippen molar-refractivity contribution in [1.82, 2.24) is 18.4 Å². The molecule has 2 aromatic heterocycles. The smallest absolute Gasteiger partial charge is 0.408 e. The van der Waals surface area contributed by atoms with Gasteiger partial charge in [-0.3, -0.25) is 13.9 Å². The van der Waals surface area contributed by atoms with Gasteiger partial charge in [0.2, 0.25) is 10.0 Å². The van der Waals surface area contributed by atoms with Crippen LogP contribution in [0.1, 0.15) is 29.9 Å². The van der Waals surface area contributed by atoms with Crippen LogP contribution in [0.15, 0.2) is 37.1 Å². The number of aromatic nitrogens is 3. The molecule has 1 aliphatic heterocycles. The molecule has 0 aliphatic carbocycles. The van der Waals surface area contributed by atoms with Gasteiger partial charge in [0.1, 0.15) is 5.82 Å². The van der Waals surface area contributed by atoms with Crippen molar-refractivity contribution >= 4 is 21.1 Å². The van der Waals surface area contributed by atoms with E-state index in [0.29, 0.717) is 29.7 Å². The zero-order valence-corrected chi connectivity index (χ0v) is 18.0. The fourth-order valence-corrected chi connectivity index (χ4v) is 4.79. The first kappa shape index (κ1) is 20.5. The van der Waals surface area contributed by atoms with Crippen LogP contribution in [0.25, 0.3) is 11.1 Å². The van der Waals surface area contributed by atoms with Gasteiger partial charge in [-0.05, 0) is 38.3 Å². The minimum Gasteiger partial charge on any atom is -0.408 e. The lowest BCUT2D eigenvalue weighted by molar-refractivity contribution is 0.482. The molecule has 9 nitrogen and oxygen atoms in total. The Morgan fingerprint density at radius 2 is 1.97 bits per heavy atom. The van der Waals surface area contributed by atoms with Crippen LogP contribution in [0.4, 0.5) is 0 Å². The largest absolute Gasteiger partial charge is 0.419 e. The number of fused-ring (bicyclic) bond motifs is 2. The average molecular weight is 433 g/mol. The molecule has 3 aromatic rings. The van der Waals surface area contributed by atoms with Gasteiger partial charge in [0.05, 0.1) is 10.4 Å². The van der Waals surface area contributed by atoms with Crippen LogP contribution in [0, 0.1) is 6.92 Å². The number of hydrogen-bond acceptors (Lipinski definition) is 6. The fourth-order valence-electron chi connectivity index (χ4n) is 3.87.